The molecular weight excluding hydrogens is 316 g/mol. The standard InChI is InChI=1S/C21H28O4/c1-15(2)18-8-9-21(13-20(23)25-14-21)12-19(18)16-4-6-17(7-5-16)24-11-3-10-22/h4-7,18-19,22H,1,3,8-14H2,2H3/t18-,19-,21-/m0/s1. The van der Waals surface area contributed by atoms with Crippen LogP contribution in [0.15, 0.2) is 36.4 Å². The molecule has 1 aromatic rings. The minimum atomic E-state index is -0.0554. The van der Waals surface area contributed by atoms with Gasteiger partial charge in [-0.2, -0.15) is 0 Å². The zero-order valence-corrected chi connectivity index (χ0v) is 15.0. The van der Waals surface area contributed by atoms with Crippen molar-refractivity contribution in [2.24, 2.45) is 11.3 Å². The van der Waals surface area contributed by atoms with Crippen LogP contribution in [0.25, 0.3) is 0 Å². The maximum Gasteiger partial charge on any atom is 0.306 e. The lowest BCUT2D eigenvalue weighted by Gasteiger charge is -2.42. The van der Waals surface area contributed by atoms with Gasteiger partial charge in [0.2, 0.25) is 0 Å². The summed E-state index contributed by atoms with van der Waals surface area (Å²) in [6.07, 6.45) is 4.26. The van der Waals surface area contributed by atoms with Crippen LogP contribution in [0.1, 0.15) is 50.5 Å². The molecule has 1 saturated heterocycles. The molecule has 2 aliphatic rings. The Hall–Kier alpha value is -1.81. The van der Waals surface area contributed by atoms with Gasteiger partial charge < -0.3 is 14.6 Å². The van der Waals surface area contributed by atoms with Crippen molar-refractivity contribution in [1.29, 1.82) is 0 Å². The normalized spacial score (nSPS) is 28.8. The smallest absolute Gasteiger partial charge is 0.306 e. The number of benzene rings is 1. The molecular formula is C21H28O4. The number of rotatable bonds is 6. The van der Waals surface area contributed by atoms with E-state index in [0.29, 0.717) is 37.9 Å². The molecule has 1 heterocycles. The number of ether oxygens (including phenoxy) is 2. The number of esters is 1. The second kappa shape index (κ2) is 7.61. The van der Waals surface area contributed by atoms with Crippen molar-refractivity contribution >= 4 is 5.97 Å². The van der Waals surface area contributed by atoms with Crippen molar-refractivity contribution in [1.82, 2.24) is 0 Å². The Labute approximate surface area is 149 Å². The Morgan fingerprint density at radius 1 is 1.40 bits per heavy atom. The quantitative estimate of drug-likeness (QED) is 0.484. The molecule has 25 heavy (non-hydrogen) atoms. The first kappa shape index (κ1) is 18.0. The van der Waals surface area contributed by atoms with Crippen molar-refractivity contribution in [3.8, 4) is 5.75 Å². The summed E-state index contributed by atoms with van der Waals surface area (Å²) < 4.78 is 10.9. The molecule has 0 radical (unpaired) electrons. The lowest BCUT2D eigenvalue weighted by atomic mass is 9.62. The van der Waals surface area contributed by atoms with E-state index in [1.54, 1.807) is 0 Å². The van der Waals surface area contributed by atoms with Crippen LogP contribution in [0.4, 0.5) is 0 Å². The molecule has 1 aliphatic carbocycles. The number of carbonyl (C=O) groups excluding carboxylic acids is 1. The number of cyclic esters (lactones) is 1. The molecule has 136 valence electrons. The van der Waals surface area contributed by atoms with Gasteiger partial charge in [0.15, 0.2) is 0 Å². The van der Waals surface area contributed by atoms with Crippen molar-refractivity contribution in [2.45, 2.75) is 44.9 Å². The highest BCUT2D eigenvalue weighted by Crippen LogP contribution is 2.52. The van der Waals surface area contributed by atoms with Gasteiger partial charge in [-0.05, 0) is 55.7 Å². The highest BCUT2D eigenvalue weighted by Gasteiger charge is 2.47. The third kappa shape index (κ3) is 4.06. The number of hydrogen-bond acceptors (Lipinski definition) is 4. The van der Waals surface area contributed by atoms with Crippen LogP contribution < -0.4 is 4.74 Å². The van der Waals surface area contributed by atoms with E-state index in [1.807, 2.05) is 12.1 Å². The van der Waals surface area contributed by atoms with Crippen molar-refractivity contribution in [3.63, 3.8) is 0 Å². The molecule has 1 saturated carbocycles. The molecule has 0 bridgehead atoms. The minimum absolute atomic E-state index is 0.00397. The second-order valence-electron chi connectivity index (χ2n) is 7.63. The average molecular weight is 344 g/mol. The predicted molar refractivity (Wildman–Crippen MR) is 96.5 cm³/mol. The van der Waals surface area contributed by atoms with E-state index in [9.17, 15) is 4.79 Å². The van der Waals surface area contributed by atoms with Crippen molar-refractivity contribution in [2.75, 3.05) is 19.8 Å². The van der Waals surface area contributed by atoms with Crippen LogP contribution in [0.5, 0.6) is 5.75 Å². The largest absolute Gasteiger partial charge is 0.494 e. The molecule has 3 rings (SSSR count). The Kier molecular flexibility index (Phi) is 5.48. The van der Waals surface area contributed by atoms with Crippen molar-refractivity contribution < 1.29 is 19.4 Å². The minimum Gasteiger partial charge on any atom is -0.494 e. The summed E-state index contributed by atoms with van der Waals surface area (Å²) in [5.41, 5.74) is 2.50. The van der Waals surface area contributed by atoms with Crippen LogP contribution in [0, 0.1) is 11.3 Å². The monoisotopic (exact) mass is 344 g/mol. The molecule has 0 amide bonds. The zero-order chi connectivity index (χ0) is 17.9. The van der Waals surface area contributed by atoms with Gasteiger partial charge in [-0.1, -0.05) is 24.3 Å². The molecule has 4 nitrogen and oxygen atoms in total. The number of carbonyl (C=O) groups is 1. The van der Waals surface area contributed by atoms with Gasteiger partial charge in [0.1, 0.15) is 5.75 Å². The first-order chi connectivity index (χ1) is 12.0. The first-order valence-electron chi connectivity index (χ1n) is 9.18. The Balaban J connectivity index is 1.76. The van der Waals surface area contributed by atoms with Gasteiger partial charge >= 0.3 is 5.97 Å². The summed E-state index contributed by atoms with van der Waals surface area (Å²) in [6, 6.07) is 8.26. The van der Waals surface area contributed by atoms with E-state index in [0.717, 1.165) is 25.0 Å². The fourth-order valence-corrected chi connectivity index (χ4v) is 4.31. The first-order valence-corrected chi connectivity index (χ1v) is 9.18. The fraction of sp³-hybridized carbons (Fsp3) is 0.571. The highest BCUT2D eigenvalue weighted by molar-refractivity contribution is 5.72. The molecule has 0 unspecified atom stereocenters. The highest BCUT2D eigenvalue weighted by atomic mass is 16.5. The predicted octanol–water partition coefficient (Wildman–Crippen LogP) is 3.84. The maximum absolute atomic E-state index is 11.7. The van der Waals surface area contributed by atoms with E-state index in [1.165, 1.54) is 11.1 Å². The summed E-state index contributed by atoms with van der Waals surface area (Å²) in [5.74, 6) is 1.59. The summed E-state index contributed by atoms with van der Waals surface area (Å²) in [7, 11) is 0. The van der Waals surface area contributed by atoms with Gasteiger partial charge in [0.05, 0.1) is 19.6 Å². The molecule has 1 aromatic carbocycles. The van der Waals surface area contributed by atoms with Gasteiger partial charge in [-0.3, -0.25) is 4.79 Å². The molecule has 4 heteroatoms. The molecule has 1 spiro atoms. The van der Waals surface area contributed by atoms with Gasteiger partial charge in [0, 0.05) is 18.4 Å². The maximum atomic E-state index is 11.7. The number of aliphatic hydroxyl groups is 1. The second-order valence-corrected chi connectivity index (χ2v) is 7.63. The molecule has 3 atom stereocenters. The SMILES string of the molecule is C=C(C)[C@@H]1CC[C@]2(COC(=O)C2)C[C@H]1c1ccc(OCCCO)cc1. The topological polar surface area (TPSA) is 55.8 Å². The summed E-state index contributed by atoms with van der Waals surface area (Å²) in [4.78, 5) is 11.7. The Morgan fingerprint density at radius 3 is 2.76 bits per heavy atom. The third-order valence-electron chi connectivity index (χ3n) is 5.70. The van der Waals surface area contributed by atoms with Gasteiger partial charge in [-0.15, -0.1) is 0 Å². The Morgan fingerprint density at radius 2 is 2.16 bits per heavy atom. The fourth-order valence-electron chi connectivity index (χ4n) is 4.31. The van der Waals surface area contributed by atoms with Gasteiger partial charge in [0.25, 0.3) is 0 Å². The number of hydrogen-bond donors (Lipinski definition) is 1. The zero-order valence-electron chi connectivity index (χ0n) is 15.0. The lowest BCUT2D eigenvalue weighted by Crippen LogP contribution is -2.33. The van der Waals surface area contributed by atoms with Crippen LogP contribution in [0.2, 0.25) is 0 Å². The summed E-state index contributed by atoms with van der Waals surface area (Å²) >= 11 is 0. The van der Waals surface area contributed by atoms with Crippen LogP contribution in [0.3, 0.4) is 0 Å². The lowest BCUT2D eigenvalue weighted by molar-refractivity contribution is -0.137. The van der Waals surface area contributed by atoms with E-state index in [-0.39, 0.29) is 18.0 Å². The summed E-state index contributed by atoms with van der Waals surface area (Å²) in [5, 5.41) is 8.84. The average Bonchev–Trinajstić information content (AvgIpc) is 2.95. The van der Waals surface area contributed by atoms with E-state index < -0.39 is 0 Å². The number of aliphatic hydroxyl groups excluding tert-OH is 1. The summed E-state index contributed by atoms with van der Waals surface area (Å²) in [6.45, 7) is 7.54. The van der Waals surface area contributed by atoms with Crippen LogP contribution in [-0.2, 0) is 9.53 Å². The van der Waals surface area contributed by atoms with Gasteiger partial charge in [-0.25, -0.2) is 0 Å². The van der Waals surface area contributed by atoms with Crippen molar-refractivity contribution in [3.05, 3.63) is 42.0 Å². The molecule has 0 aromatic heterocycles. The number of allylic oxidation sites excluding steroid dienone is 1. The van der Waals surface area contributed by atoms with E-state index in [4.69, 9.17) is 14.6 Å². The van der Waals surface area contributed by atoms with Crippen LogP contribution in [-0.4, -0.2) is 30.9 Å². The van der Waals surface area contributed by atoms with E-state index >= 15 is 0 Å². The van der Waals surface area contributed by atoms with Crippen LogP contribution >= 0.6 is 0 Å². The van der Waals surface area contributed by atoms with E-state index in [2.05, 4.69) is 25.6 Å². The third-order valence-corrected chi connectivity index (χ3v) is 5.70. The molecule has 1 N–H and O–H groups in total. The molecule has 1 aliphatic heterocycles. The Bertz CT molecular complexity index is 621. The molecule has 2 fully saturated rings.